The molecule has 0 aromatic heterocycles. The first-order valence-electron chi connectivity index (χ1n) is 8.39. The van der Waals surface area contributed by atoms with Crippen molar-refractivity contribution < 1.29 is 4.79 Å². The van der Waals surface area contributed by atoms with Crippen LogP contribution in [-0.2, 0) is 6.54 Å². The first-order valence-corrected chi connectivity index (χ1v) is 8.39. The second-order valence-corrected chi connectivity index (χ2v) is 6.14. The molecule has 0 aliphatic rings. The van der Waals surface area contributed by atoms with Gasteiger partial charge in [0.2, 0.25) is 0 Å². The van der Waals surface area contributed by atoms with Crippen LogP contribution < -0.4 is 10.6 Å². The molecule has 0 heterocycles. The number of carbonyl (C=O) groups excluding carboxylic acids is 1. The molecule has 3 nitrogen and oxygen atoms in total. The van der Waals surface area contributed by atoms with Gasteiger partial charge in [-0.3, -0.25) is 4.79 Å². The van der Waals surface area contributed by atoms with Crippen LogP contribution in [0.4, 0.5) is 11.4 Å². The van der Waals surface area contributed by atoms with Gasteiger partial charge in [-0.05, 0) is 49.2 Å². The number of rotatable bonds is 5. The zero-order chi connectivity index (χ0) is 17.6. The summed E-state index contributed by atoms with van der Waals surface area (Å²) in [4.78, 5) is 12.4. The monoisotopic (exact) mass is 330 g/mol. The zero-order valence-corrected chi connectivity index (χ0v) is 14.5. The van der Waals surface area contributed by atoms with Gasteiger partial charge in [-0.25, -0.2) is 0 Å². The third kappa shape index (κ3) is 4.27. The number of nitrogens with one attached hydrogen (secondary N) is 2. The molecule has 3 rings (SSSR count). The van der Waals surface area contributed by atoms with Crippen LogP contribution in [0.15, 0.2) is 72.8 Å². The summed E-state index contributed by atoms with van der Waals surface area (Å²) in [6.45, 7) is 4.85. The van der Waals surface area contributed by atoms with Crippen LogP contribution in [-0.4, -0.2) is 5.91 Å². The Morgan fingerprint density at radius 1 is 0.840 bits per heavy atom. The quantitative estimate of drug-likeness (QED) is 0.678. The van der Waals surface area contributed by atoms with E-state index in [1.807, 2.05) is 55.5 Å². The summed E-state index contributed by atoms with van der Waals surface area (Å²) in [7, 11) is 0. The van der Waals surface area contributed by atoms with Gasteiger partial charge in [0.15, 0.2) is 0 Å². The molecular formula is C22H22N2O. The molecule has 0 radical (unpaired) electrons. The van der Waals surface area contributed by atoms with Crippen molar-refractivity contribution in [3.8, 4) is 0 Å². The van der Waals surface area contributed by atoms with E-state index in [4.69, 9.17) is 0 Å². The second-order valence-electron chi connectivity index (χ2n) is 6.14. The zero-order valence-electron chi connectivity index (χ0n) is 14.5. The maximum Gasteiger partial charge on any atom is 0.255 e. The van der Waals surface area contributed by atoms with Crippen LogP contribution in [0.1, 0.15) is 27.0 Å². The van der Waals surface area contributed by atoms with E-state index in [9.17, 15) is 4.79 Å². The molecule has 3 heteroatoms. The number of benzene rings is 3. The van der Waals surface area contributed by atoms with Crippen molar-refractivity contribution in [3.05, 3.63) is 95.1 Å². The predicted octanol–water partition coefficient (Wildman–Crippen LogP) is 5.17. The van der Waals surface area contributed by atoms with E-state index in [1.54, 1.807) is 0 Å². The molecule has 0 aliphatic heterocycles. The molecule has 126 valence electrons. The summed E-state index contributed by atoms with van der Waals surface area (Å²) >= 11 is 0. The fourth-order valence-corrected chi connectivity index (χ4v) is 2.77. The minimum absolute atomic E-state index is 0.0977. The summed E-state index contributed by atoms with van der Waals surface area (Å²) in [6.07, 6.45) is 0. The van der Waals surface area contributed by atoms with Crippen LogP contribution in [0, 0.1) is 13.8 Å². The molecule has 2 N–H and O–H groups in total. The fraction of sp³-hybridized carbons (Fsp3) is 0.136. The van der Waals surface area contributed by atoms with Gasteiger partial charge in [0.25, 0.3) is 5.91 Å². The van der Waals surface area contributed by atoms with Crippen LogP contribution in [0.5, 0.6) is 0 Å². The van der Waals surface area contributed by atoms with Gasteiger partial charge in [-0.1, -0.05) is 54.1 Å². The van der Waals surface area contributed by atoms with Gasteiger partial charge < -0.3 is 10.6 Å². The highest BCUT2D eigenvalue weighted by Gasteiger charge is 2.09. The van der Waals surface area contributed by atoms with Gasteiger partial charge in [0, 0.05) is 23.5 Å². The summed E-state index contributed by atoms with van der Waals surface area (Å²) in [5.41, 5.74) is 6.01. The lowest BCUT2D eigenvalue weighted by Crippen LogP contribution is -2.13. The van der Waals surface area contributed by atoms with Crippen molar-refractivity contribution in [1.82, 2.24) is 0 Å². The number of hydrogen-bond acceptors (Lipinski definition) is 2. The molecule has 0 bridgehead atoms. The molecule has 3 aromatic carbocycles. The first kappa shape index (κ1) is 16.8. The van der Waals surface area contributed by atoms with Gasteiger partial charge in [0.05, 0.1) is 0 Å². The maximum absolute atomic E-state index is 12.4. The van der Waals surface area contributed by atoms with E-state index in [-0.39, 0.29) is 5.91 Å². The standard InChI is InChI=1S/C22H22N2O/c1-16-8-6-9-18(14-16)15-23-20-12-7-13-21(17(20)2)24-22(25)19-10-4-3-5-11-19/h3-14,23H,15H2,1-2H3,(H,24,25). The lowest BCUT2D eigenvalue weighted by Gasteiger charge is -2.14. The highest BCUT2D eigenvalue weighted by atomic mass is 16.1. The summed E-state index contributed by atoms with van der Waals surface area (Å²) in [6, 6.07) is 23.6. The Morgan fingerprint density at radius 3 is 2.32 bits per heavy atom. The highest BCUT2D eigenvalue weighted by molar-refractivity contribution is 6.04. The topological polar surface area (TPSA) is 41.1 Å². The smallest absolute Gasteiger partial charge is 0.255 e. The van der Waals surface area contributed by atoms with Crippen molar-refractivity contribution >= 4 is 17.3 Å². The van der Waals surface area contributed by atoms with Gasteiger partial charge >= 0.3 is 0 Å². The average Bonchev–Trinajstić information content (AvgIpc) is 2.63. The van der Waals surface area contributed by atoms with Crippen molar-refractivity contribution in [1.29, 1.82) is 0 Å². The normalized spacial score (nSPS) is 10.3. The molecule has 25 heavy (non-hydrogen) atoms. The molecule has 0 spiro atoms. The van der Waals surface area contributed by atoms with Crippen LogP contribution in [0.25, 0.3) is 0 Å². The molecule has 0 aliphatic carbocycles. The fourth-order valence-electron chi connectivity index (χ4n) is 2.77. The molecular weight excluding hydrogens is 308 g/mol. The Balaban J connectivity index is 1.72. The van der Waals surface area contributed by atoms with Gasteiger partial charge in [-0.15, -0.1) is 0 Å². The van der Waals surface area contributed by atoms with Crippen LogP contribution >= 0.6 is 0 Å². The number of amides is 1. The lowest BCUT2D eigenvalue weighted by molar-refractivity contribution is 0.102. The summed E-state index contributed by atoms with van der Waals surface area (Å²) in [5, 5.41) is 6.45. The predicted molar refractivity (Wildman–Crippen MR) is 104 cm³/mol. The SMILES string of the molecule is Cc1cccc(CNc2cccc(NC(=O)c3ccccc3)c2C)c1. The van der Waals surface area contributed by atoms with E-state index < -0.39 is 0 Å². The van der Waals surface area contributed by atoms with E-state index in [2.05, 4.69) is 41.8 Å². The number of hydrogen-bond donors (Lipinski definition) is 2. The Morgan fingerprint density at radius 2 is 1.56 bits per heavy atom. The molecule has 0 unspecified atom stereocenters. The van der Waals surface area contributed by atoms with E-state index in [0.717, 1.165) is 23.5 Å². The van der Waals surface area contributed by atoms with Gasteiger partial charge in [0.1, 0.15) is 0 Å². The summed E-state index contributed by atoms with van der Waals surface area (Å²) < 4.78 is 0. The molecule has 0 atom stereocenters. The van der Waals surface area contributed by atoms with Crippen molar-refractivity contribution in [2.45, 2.75) is 20.4 Å². The van der Waals surface area contributed by atoms with Crippen molar-refractivity contribution in [2.75, 3.05) is 10.6 Å². The molecule has 0 saturated heterocycles. The van der Waals surface area contributed by atoms with Crippen molar-refractivity contribution in [2.24, 2.45) is 0 Å². The maximum atomic E-state index is 12.4. The van der Waals surface area contributed by atoms with Gasteiger partial charge in [-0.2, -0.15) is 0 Å². The third-order valence-electron chi connectivity index (χ3n) is 4.18. The Bertz CT molecular complexity index is 872. The third-order valence-corrected chi connectivity index (χ3v) is 4.18. The Hall–Kier alpha value is -3.07. The van der Waals surface area contributed by atoms with E-state index >= 15 is 0 Å². The Labute approximate surface area is 148 Å². The number of aryl methyl sites for hydroxylation is 1. The minimum Gasteiger partial charge on any atom is -0.381 e. The molecule has 0 saturated carbocycles. The van der Waals surface area contributed by atoms with Crippen molar-refractivity contribution in [3.63, 3.8) is 0 Å². The van der Waals surface area contributed by atoms with E-state index in [1.165, 1.54) is 11.1 Å². The minimum atomic E-state index is -0.0977. The van der Waals surface area contributed by atoms with Crippen LogP contribution in [0.2, 0.25) is 0 Å². The molecule has 3 aromatic rings. The highest BCUT2D eigenvalue weighted by Crippen LogP contribution is 2.24. The molecule has 0 fully saturated rings. The van der Waals surface area contributed by atoms with E-state index in [0.29, 0.717) is 5.56 Å². The lowest BCUT2D eigenvalue weighted by atomic mass is 10.1. The number of carbonyl (C=O) groups is 1. The molecule has 1 amide bonds. The Kier molecular flexibility index (Phi) is 5.14. The summed E-state index contributed by atoms with van der Waals surface area (Å²) in [5.74, 6) is -0.0977. The average molecular weight is 330 g/mol. The number of anilines is 2. The van der Waals surface area contributed by atoms with Crippen LogP contribution in [0.3, 0.4) is 0 Å². The largest absolute Gasteiger partial charge is 0.381 e. The second kappa shape index (κ2) is 7.67. The first-order chi connectivity index (χ1) is 12.1.